The summed E-state index contributed by atoms with van der Waals surface area (Å²) in [5.74, 6) is 1.96. The number of amides is 1. The Labute approximate surface area is 113 Å². The molecule has 0 bridgehead atoms. The second-order valence-corrected chi connectivity index (χ2v) is 4.82. The van der Waals surface area contributed by atoms with Gasteiger partial charge in [0.15, 0.2) is 11.6 Å². The van der Waals surface area contributed by atoms with Crippen molar-refractivity contribution in [3.05, 3.63) is 12.1 Å². The lowest BCUT2D eigenvalue weighted by atomic mass is 10.0. The Morgan fingerprint density at radius 1 is 1.53 bits per heavy atom. The van der Waals surface area contributed by atoms with Gasteiger partial charge in [0.2, 0.25) is 0 Å². The Hall–Kier alpha value is -1.85. The number of nitrogens with one attached hydrogen (secondary N) is 1. The van der Waals surface area contributed by atoms with Crippen molar-refractivity contribution >= 4 is 17.7 Å². The summed E-state index contributed by atoms with van der Waals surface area (Å²) in [5, 5.41) is 10.7. The lowest BCUT2D eigenvalue weighted by Crippen LogP contribution is -2.34. The van der Waals surface area contributed by atoms with Crippen molar-refractivity contribution in [2.75, 3.05) is 29.9 Å². The third-order valence-electron chi connectivity index (χ3n) is 3.14. The van der Waals surface area contributed by atoms with E-state index in [1.54, 1.807) is 13.0 Å². The molecule has 1 aromatic heterocycles. The van der Waals surface area contributed by atoms with E-state index in [4.69, 9.17) is 4.74 Å². The van der Waals surface area contributed by atoms with Crippen molar-refractivity contribution in [1.29, 1.82) is 0 Å². The zero-order valence-electron chi connectivity index (χ0n) is 11.4. The molecule has 1 atom stereocenters. The monoisotopic (exact) mass is 264 g/mol. The summed E-state index contributed by atoms with van der Waals surface area (Å²) >= 11 is 0. The van der Waals surface area contributed by atoms with Crippen molar-refractivity contribution in [2.45, 2.75) is 26.7 Å². The summed E-state index contributed by atoms with van der Waals surface area (Å²) < 4.78 is 4.78. The fourth-order valence-corrected chi connectivity index (χ4v) is 2.23. The Morgan fingerprint density at radius 2 is 2.37 bits per heavy atom. The number of nitrogens with zero attached hydrogens (tertiary/aromatic N) is 3. The van der Waals surface area contributed by atoms with Crippen LogP contribution in [0.5, 0.6) is 0 Å². The van der Waals surface area contributed by atoms with Gasteiger partial charge in [0.05, 0.1) is 6.61 Å². The number of aromatic nitrogens is 2. The molecule has 1 aliphatic rings. The average Bonchev–Trinajstić information content (AvgIpc) is 2.40. The molecule has 1 aromatic rings. The van der Waals surface area contributed by atoms with Crippen LogP contribution in [0.1, 0.15) is 26.7 Å². The number of rotatable bonds is 3. The third kappa shape index (κ3) is 3.81. The summed E-state index contributed by atoms with van der Waals surface area (Å²) in [6.07, 6.45) is 1.95. The van der Waals surface area contributed by atoms with Gasteiger partial charge in [-0.15, -0.1) is 10.2 Å². The molecule has 0 radical (unpaired) electrons. The first-order valence-corrected chi connectivity index (χ1v) is 6.71. The second-order valence-electron chi connectivity index (χ2n) is 4.82. The molecule has 0 aromatic carbocycles. The smallest absolute Gasteiger partial charge is 0.412 e. The molecule has 1 N–H and O–H groups in total. The van der Waals surface area contributed by atoms with E-state index in [9.17, 15) is 4.79 Å². The number of carbonyl (C=O) groups excluding carboxylic acids is 1. The van der Waals surface area contributed by atoms with Crippen molar-refractivity contribution in [2.24, 2.45) is 5.92 Å². The zero-order chi connectivity index (χ0) is 13.7. The molecule has 6 heteroatoms. The highest BCUT2D eigenvalue weighted by Gasteiger charge is 2.17. The third-order valence-corrected chi connectivity index (χ3v) is 3.14. The molecular weight excluding hydrogens is 244 g/mol. The standard InChI is InChI=1S/C13H20N4O2/c1-3-19-13(18)14-11-6-7-12(16-15-11)17-8-4-5-10(2)9-17/h6-7,10H,3-5,8-9H2,1-2H3,(H,14,15,18). The number of piperidine rings is 1. The summed E-state index contributed by atoms with van der Waals surface area (Å²) in [6, 6.07) is 3.63. The molecule has 1 unspecified atom stereocenters. The normalized spacial score (nSPS) is 19.1. The van der Waals surface area contributed by atoms with E-state index < -0.39 is 6.09 Å². The van der Waals surface area contributed by atoms with Crippen LogP contribution in [0, 0.1) is 5.92 Å². The van der Waals surface area contributed by atoms with E-state index >= 15 is 0 Å². The molecule has 2 rings (SSSR count). The van der Waals surface area contributed by atoms with Gasteiger partial charge in [-0.05, 0) is 37.8 Å². The molecule has 1 aliphatic heterocycles. The van der Waals surface area contributed by atoms with Crippen molar-refractivity contribution < 1.29 is 9.53 Å². The van der Waals surface area contributed by atoms with E-state index in [0.29, 0.717) is 18.3 Å². The van der Waals surface area contributed by atoms with Gasteiger partial charge in [-0.2, -0.15) is 0 Å². The molecule has 1 fully saturated rings. The maximum atomic E-state index is 11.2. The van der Waals surface area contributed by atoms with Crippen LogP contribution in [0.25, 0.3) is 0 Å². The van der Waals surface area contributed by atoms with Gasteiger partial charge in [-0.3, -0.25) is 5.32 Å². The first-order valence-electron chi connectivity index (χ1n) is 6.71. The minimum Gasteiger partial charge on any atom is -0.450 e. The largest absolute Gasteiger partial charge is 0.450 e. The first kappa shape index (κ1) is 13.6. The van der Waals surface area contributed by atoms with Gasteiger partial charge < -0.3 is 9.64 Å². The van der Waals surface area contributed by atoms with Crippen LogP contribution < -0.4 is 10.2 Å². The van der Waals surface area contributed by atoms with Crippen LogP contribution in [-0.2, 0) is 4.74 Å². The second kappa shape index (κ2) is 6.36. The highest BCUT2D eigenvalue weighted by molar-refractivity contribution is 5.83. The van der Waals surface area contributed by atoms with Crippen LogP contribution >= 0.6 is 0 Å². The summed E-state index contributed by atoms with van der Waals surface area (Å²) in [6.45, 7) is 6.37. The number of hydrogen-bond acceptors (Lipinski definition) is 5. The minimum atomic E-state index is -0.504. The topological polar surface area (TPSA) is 67.3 Å². The van der Waals surface area contributed by atoms with Gasteiger partial charge in [0.25, 0.3) is 0 Å². The quantitative estimate of drug-likeness (QED) is 0.907. The molecule has 0 spiro atoms. The molecule has 104 valence electrons. The lowest BCUT2D eigenvalue weighted by molar-refractivity contribution is 0.168. The molecule has 6 nitrogen and oxygen atoms in total. The molecule has 2 heterocycles. The van der Waals surface area contributed by atoms with E-state index in [2.05, 4.69) is 27.3 Å². The summed E-state index contributed by atoms with van der Waals surface area (Å²) in [5.41, 5.74) is 0. The zero-order valence-corrected chi connectivity index (χ0v) is 11.4. The Kier molecular flexibility index (Phi) is 4.54. The Morgan fingerprint density at radius 3 is 3.00 bits per heavy atom. The average molecular weight is 264 g/mol. The molecule has 0 aliphatic carbocycles. The van der Waals surface area contributed by atoms with E-state index in [1.165, 1.54) is 12.8 Å². The van der Waals surface area contributed by atoms with Crippen molar-refractivity contribution in [3.8, 4) is 0 Å². The Bertz CT molecular complexity index is 421. The molecule has 19 heavy (non-hydrogen) atoms. The summed E-state index contributed by atoms with van der Waals surface area (Å²) in [7, 11) is 0. The number of carbonyl (C=O) groups is 1. The fourth-order valence-electron chi connectivity index (χ4n) is 2.23. The molecular formula is C13H20N4O2. The van der Waals surface area contributed by atoms with Crippen molar-refractivity contribution in [1.82, 2.24) is 10.2 Å². The molecule has 1 saturated heterocycles. The first-order chi connectivity index (χ1) is 9.19. The van der Waals surface area contributed by atoms with Gasteiger partial charge in [-0.25, -0.2) is 4.79 Å². The maximum Gasteiger partial charge on any atom is 0.412 e. The SMILES string of the molecule is CCOC(=O)Nc1ccc(N2CCCC(C)C2)nn1. The van der Waals surface area contributed by atoms with E-state index in [-0.39, 0.29) is 0 Å². The molecule has 0 saturated carbocycles. The number of hydrogen-bond donors (Lipinski definition) is 1. The van der Waals surface area contributed by atoms with Crippen LogP contribution in [0.4, 0.5) is 16.4 Å². The number of anilines is 2. The van der Waals surface area contributed by atoms with Crippen LogP contribution in [0.2, 0.25) is 0 Å². The van der Waals surface area contributed by atoms with E-state index in [0.717, 1.165) is 18.9 Å². The predicted molar refractivity (Wildman–Crippen MR) is 73.3 cm³/mol. The Balaban J connectivity index is 1.96. The summed E-state index contributed by atoms with van der Waals surface area (Å²) in [4.78, 5) is 13.5. The highest BCUT2D eigenvalue weighted by atomic mass is 16.5. The van der Waals surface area contributed by atoms with Crippen LogP contribution in [0.15, 0.2) is 12.1 Å². The predicted octanol–water partition coefficient (Wildman–Crippen LogP) is 2.28. The van der Waals surface area contributed by atoms with E-state index in [1.807, 2.05) is 6.07 Å². The lowest BCUT2D eigenvalue weighted by Gasteiger charge is -2.31. The van der Waals surface area contributed by atoms with Gasteiger partial charge in [0.1, 0.15) is 0 Å². The van der Waals surface area contributed by atoms with Crippen LogP contribution in [-0.4, -0.2) is 36.0 Å². The van der Waals surface area contributed by atoms with Crippen LogP contribution in [0.3, 0.4) is 0 Å². The van der Waals surface area contributed by atoms with Gasteiger partial charge in [0, 0.05) is 13.1 Å². The van der Waals surface area contributed by atoms with Gasteiger partial charge >= 0.3 is 6.09 Å². The van der Waals surface area contributed by atoms with Crippen molar-refractivity contribution in [3.63, 3.8) is 0 Å². The maximum absolute atomic E-state index is 11.2. The minimum absolute atomic E-state index is 0.336. The van der Waals surface area contributed by atoms with Gasteiger partial charge in [-0.1, -0.05) is 6.92 Å². The highest BCUT2D eigenvalue weighted by Crippen LogP contribution is 2.21. The number of ether oxygens (including phenoxy) is 1. The molecule has 1 amide bonds. The fraction of sp³-hybridized carbons (Fsp3) is 0.615.